The summed E-state index contributed by atoms with van der Waals surface area (Å²) < 4.78 is 10.9. The highest BCUT2D eigenvalue weighted by atomic mass is 35.5. The lowest BCUT2D eigenvalue weighted by Crippen LogP contribution is -2.07. The molecule has 0 aliphatic carbocycles. The highest BCUT2D eigenvalue weighted by Crippen LogP contribution is 2.32. The van der Waals surface area contributed by atoms with Gasteiger partial charge in [0.15, 0.2) is 11.5 Å². The molecule has 21 heavy (non-hydrogen) atoms. The van der Waals surface area contributed by atoms with Gasteiger partial charge in [0, 0.05) is 22.8 Å². The van der Waals surface area contributed by atoms with Crippen molar-refractivity contribution >= 4 is 17.3 Å². The molecule has 0 radical (unpaired) electrons. The van der Waals surface area contributed by atoms with Crippen molar-refractivity contribution in [2.45, 2.75) is 19.9 Å². The minimum Gasteiger partial charge on any atom is -0.493 e. The van der Waals surface area contributed by atoms with Crippen molar-refractivity contribution in [3.8, 4) is 11.5 Å². The van der Waals surface area contributed by atoms with Gasteiger partial charge < -0.3 is 14.8 Å². The number of hydrogen-bond acceptors (Lipinski definition) is 3. The molecule has 0 spiro atoms. The van der Waals surface area contributed by atoms with Gasteiger partial charge in [0.2, 0.25) is 0 Å². The molecule has 0 fully saturated rings. The molecular weight excluding hydrogens is 286 g/mol. The lowest BCUT2D eigenvalue weighted by Gasteiger charge is -2.18. The predicted molar refractivity (Wildman–Crippen MR) is 87.7 cm³/mol. The van der Waals surface area contributed by atoms with Gasteiger partial charge in [-0.1, -0.05) is 29.8 Å². The molecule has 2 aromatic carbocycles. The molecule has 2 aromatic rings. The molecule has 0 heterocycles. The van der Waals surface area contributed by atoms with Crippen LogP contribution in [0.2, 0.25) is 5.02 Å². The van der Waals surface area contributed by atoms with E-state index in [1.165, 1.54) is 0 Å². The molecule has 0 amide bonds. The molecule has 1 atom stereocenters. The van der Waals surface area contributed by atoms with E-state index in [4.69, 9.17) is 21.1 Å². The summed E-state index contributed by atoms with van der Waals surface area (Å²) >= 11 is 6.23. The first-order chi connectivity index (χ1) is 10.2. The van der Waals surface area contributed by atoms with Crippen molar-refractivity contribution in [3.05, 3.63) is 53.1 Å². The van der Waals surface area contributed by atoms with Gasteiger partial charge in [-0.2, -0.15) is 0 Å². The molecule has 1 N–H and O–H groups in total. The molecule has 112 valence electrons. The first kappa shape index (κ1) is 15.5. The van der Waals surface area contributed by atoms with E-state index in [9.17, 15) is 0 Å². The second kappa shape index (κ2) is 7.23. The van der Waals surface area contributed by atoms with Crippen LogP contribution in [-0.2, 0) is 0 Å². The van der Waals surface area contributed by atoms with Gasteiger partial charge >= 0.3 is 0 Å². The van der Waals surface area contributed by atoms with Crippen LogP contribution in [0.25, 0.3) is 0 Å². The van der Waals surface area contributed by atoms with E-state index in [0.29, 0.717) is 6.61 Å². The normalized spacial score (nSPS) is 11.8. The Morgan fingerprint density at radius 3 is 2.57 bits per heavy atom. The molecule has 1 unspecified atom stereocenters. The highest BCUT2D eigenvalue weighted by Gasteiger charge is 2.11. The summed E-state index contributed by atoms with van der Waals surface area (Å²) in [6, 6.07) is 13.7. The molecular formula is C17H20ClNO2. The first-order valence-electron chi connectivity index (χ1n) is 6.97. The highest BCUT2D eigenvalue weighted by molar-refractivity contribution is 6.31. The Kier molecular flexibility index (Phi) is 5.34. The van der Waals surface area contributed by atoms with Crippen molar-refractivity contribution in [3.63, 3.8) is 0 Å². The molecule has 3 nitrogen and oxygen atoms in total. The average Bonchev–Trinajstić information content (AvgIpc) is 2.48. The van der Waals surface area contributed by atoms with Gasteiger partial charge in [0.1, 0.15) is 0 Å². The fourth-order valence-corrected chi connectivity index (χ4v) is 2.49. The lowest BCUT2D eigenvalue weighted by molar-refractivity contribution is 0.311. The van der Waals surface area contributed by atoms with Crippen molar-refractivity contribution in [2.24, 2.45) is 0 Å². The van der Waals surface area contributed by atoms with Gasteiger partial charge in [-0.05, 0) is 37.6 Å². The maximum Gasteiger partial charge on any atom is 0.163 e. The third kappa shape index (κ3) is 3.82. The van der Waals surface area contributed by atoms with E-state index in [1.807, 2.05) is 49.4 Å². The number of hydrogen-bond donors (Lipinski definition) is 1. The van der Waals surface area contributed by atoms with Gasteiger partial charge in [-0.3, -0.25) is 0 Å². The number of ether oxygens (including phenoxy) is 2. The van der Waals surface area contributed by atoms with Gasteiger partial charge in [0.05, 0.1) is 13.7 Å². The smallest absolute Gasteiger partial charge is 0.163 e. The lowest BCUT2D eigenvalue weighted by atomic mass is 10.1. The molecule has 2 rings (SSSR count). The van der Waals surface area contributed by atoms with Gasteiger partial charge in [0.25, 0.3) is 0 Å². The Bertz CT molecular complexity index is 601. The number of anilines is 1. The van der Waals surface area contributed by atoms with Crippen LogP contribution in [0.4, 0.5) is 5.69 Å². The van der Waals surface area contributed by atoms with Gasteiger partial charge in [-0.25, -0.2) is 0 Å². The van der Waals surface area contributed by atoms with Crippen LogP contribution in [0.15, 0.2) is 42.5 Å². The number of methoxy groups -OCH3 is 1. The molecule has 0 saturated carbocycles. The largest absolute Gasteiger partial charge is 0.493 e. The number of rotatable bonds is 6. The van der Waals surface area contributed by atoms with Crippen molar-refractivity contribution < 1.29 is 9.47 Å². The third-order valence-corrected chi connectivity index (χ3v) is 3.56. The van der Waals surface area contributed by atoms with E-state index in [1.54, 1.807) is 7.11 Å². The maximum absolute atomic E-state index is 6.23. The summed E-state index contributed by atoms with van der Waals surface area (Å²) in [4.78, 5) is 0. The van der Waals surface area contributed by atoms with Crippen LogP contribution in [-0.4, -0.2) is 13.7 Å². The van der Waals surface area contributed by atoms with E-state index < -0.39 is 0 Å². The van der Waals surface area contributed by atoms with Crippen LogP contribution >= 0.6 is 11.6 Å². The quantitative estimate of drug-likeness (QED) is 0.821. The summed E-state index contributed by atoms with van der Waals surface area (Å²) in [6.07, 6.45) is 0. The summed E-state index contributed by atoms with van der Waals surface area (Å²) in [5, 5.41) is 4.19. The van der Waals surface area contributed by atoms with Crippen LogP contribution in [0.5, 0.6) is 11.5 Å². The molecule has 0 aliphatic rings. The Morgan fingerprint density at radius 1 is 1.14 bits per heavy atom. The SMILES string of the molecule is CCOc1cc(NC(C)c2ccccc2Cl)ccc1OC. The van der Waals surface area contributed by atoms with Crippen LogP contribution in [0.3, 0.4) is 0 Å². The molecule has 4 heteroatoms. The Labute approximate surface area is 130 Å². The van der Waals surface area contributed by atoms with Crippen LogP contribution in [0, 0.1) is 0 Å². The Balaban J connectivity index is 2.19. The molecule has 0 bridgehead atoms. The van der Waals surface area contributed by atoms with Crippen LogP contribution < -0.4 is 14.8 Å². The summed E-state index contributed by atoms with van der Waals surface area (Å²) in [7, 11) is 1.64. The van der Waals surface area contributed by atoms with E-state index >= 15 is 0 Å². The zero-order valence-corrected chi connectivity index (χ0v) is 13.3. The number of benzene rings is 2. The van der Waals surface area contributed by atoms with E-state index in [2.05, 4.69) is 12.2 Å². The maximum atomic E-state index is 6.23. The zero-order valence-electron chi connectivity index (χ0n) is 12.5. The van der Waals surface area contributed by atoms with Crippen molar-refractivity contribution in [1.82, 2.24) is 0 Å². The monoisotopic (exact) mass is 305 g/mol. The molecule has 0 aliphatic heterocycles. The van der Waals surface area contributed by atoms with E-state index in [0.717, 1.165) is 27.8 Å². The second-order valence-electron chi connectivity index (χ2n) is 4.69. The second-order valence-corrected chi connectivity index (χ2v) is 5.09. The minimum absolute atomic E-state index is 0.0987. The first-order valence-corrected chi connectivity index (χ1v) is 7.35. The summed E-state index contributed by atoms with van der Waals surface area (Å²) in [5.74, 6) is 1.46. The Hall–Kier alpha value is -1.87. The fourth-order valence-electron chi connectivity index (χ4n) is 2.19. The van der Waals surface area contributed by atoms with E-state index in [-0.39, 0.29) is 6.04 Å². The topological polar surface area (TPSA) is 30.5 Å². The molecule has 0 saturated heterocycles. The zero-order chi connectivity index (χ0) is 15.2. The average molecular weight is 306 g/mol. The van der Waals surface area contributed by atoms with Gasteiger partial charge in [-0.15, -0.1) is 0 Å². The summed E-state index contributed by atoms with van der Waals surface area (Å²) in [6.45, 7) is 4.62. The predicted octanol–water partition coefficient (Wildman–Crippen LogP) is 4.92. The van der Waals surface area contributed by atoms with Crippen LogP contribution in [0.1, 0.15) is 25.5 Å². The number of halogens is 1. The summed E-state index contributed by atoms with van der Waals surface area (Å²) in [5.41, 5.74) is 2.03. The third-order valence-electron chi connectivity index (χ3n) is 3.22. The fraction of sp³-hybridized carbons (Fsp3) is 0.294. The van der Waals surface area contributed by atoms with Crippen molar-refractivity contribution in [2.75, 3.05) is 19.0 Å². The standard InChI is InChI=1S/C17H20ClNO2/c1-4-21-17-11-13(9-10-16(17)20-3)19-12(2)14-7-5-6-8-15(14)18/h5-12,19H,4H2,1-3H3. The van der Waals surface area contributed by atoms with Crippen molar-refractivity contribution in [1.29, 1.82) is 0 Å². The minimum atomic E-state index is 0.0987. The molecule has 0 aromatic heterocycles. The Morgan fingerprint density at radius 2 is 1.90 bits per heavy atom. The number of nitrogens with one attached hydrogen (secondary N) is 1.